The zero-order valence-corrected chi connectivity index (χ0v) is 15.3. The molecule has 4 heterocycles. The van der Waals surface area contributed by atoms with Gasteiger partial charge in [0.2, 0.25) is 0 Å². The first-order valence-corrected chi connectivity index (χ1v) is 9.74. The molecule has 132 valence electrons. The average molecular weight is 322 g/mol. The van der Waals surface area contributed by atoms with Gasteiger partial charge in [-0.15, -0.1) is 0 Å². The Morgan fingerprint density at radius 1 is 0.870 bits per heavy atom. The zero-order valence-electron chi connectivity index (χ0n) is 15.3. The maximum atomic E-state index is 6.10. The SMILES string of the molecule is CC(C)N1C2COCC1CC(C13CCC(COC1)N3C(C)C)C2. The first-order chi connectivity index (χ1) is 11.0. The highest BCUT2D eigenvalue weighted by Gasteiger charge is 2.57. The molecule has 0 aromatic rings. The quantitative estimate of drug-likeness (QED) is 0.797. The van der Waals surface area contributed by atoms with E-state index in [9.17, 15) is 0 Å². The topological polar surface area (TPSA) is 24.9 Å². The molecule has 0 amide bonds. The van der Waals surface area contributed by atoms with E-state index in [0.29, 0.717) is 35.7 Å². The molecule has 4 unspecified atom stereocenters. The van der Waals surface area contributed by atoms with E-state index in [0.717, 1.165) is 32.3 Å². The summed E-state index contributed by atoms with van der Waals surface area (Å²) in [7, 11) is 0. The molecule has 0 spiro atoms. The van der Waals surface area contributed by atoms with Crippen LogP contribution in [0.25, 0.3) is 0 Å². The molecule has 23 heavy (non-hydrogen) atoms. The summed E-state index contributed by atoms with van der Waals surface area (Å²) in [4.78, 5) is 5.59. The van der Waals surface area contributed by atoms with Crippen molar-refractivity contribution in [2.24, 2.45) is 5.92 Å². The largest absolute Gasteiger partial charge is 0.378 e. The molecule has 4 aliphatic rings. The van der Waals surface area contributed by atoms with Crippen molar-refractivity contribution in [2.75, 3.05) is 26.4 Å². The maximum Gasteiger partial charge on any atom is 0.0654 e. The lowest BCUT2D eigenvalue weighted by atomic mass is 9.71. The van der Waals surface area contributed by atoms with Crippen molar-refractivity contribution in [1.82, 2.24) is 9.80 Å². The third kappa shape index (κ3) is 2.48. The van der Waals surface area contributed by atoms with Gasteiger partial charge >= 0.3 is 0 Å². The van der Waals surface area contributed by atoms with Gasteiger partial charge in [-0.2, -0.15) is 0 Å². The van der Waals surface area contributed by atoms with Gasteiger partial charge in [-0.05, 0) is 59.3 Å². The number of hydrogen-bond donors (Lipinski definition) is 0. The molecule has 0 N–H and O–H groups in total. The smallest absolute Gasteiger partial charge is 0.0654 e. The monoisotopic (exact) mass is 322 g/mol. The summed E-state index contributed by atoms with van der Waals surface area (Å²) in [5, 5.41) is 0. The number of nitrogens with zero attached hydrogens (tertiary/aromatic N) is 2. The Kier molecular flexibility index (Phi) is 4.24. The first-order valence-electron chi connectivity index (χ1n) is 9.74. The van der Waals surface area contributed by atoms with Crippen LogP contribution in [0.1, 0.15) is 53.4 Å². The molecule has 0 aromatic heterocycles. The van der Waals surface area contributed by atoms with Crippen LogP contribution in [0.2, 0.25) is 0 Å². The summed E-state index contributed by atoms with van der Waals surface area (Å²) in [5.41, 5.74) is 0.300. The fourth-order valence-corrected chi connectivity index (χ4v) is 6.42. The second-order valence-corrected chi connectivity index (χ2v) is 8.87. The second-order valence-electron chi connectivity index (χ2n) is 8.87. The van der Waals surface area contributed by atoms with E-state index in [-0.39, 0.29) is 0 Å². The van der Waals surface area contributed by atoms with Gasteiger partial charge in [-0.1, -0.05) is 0 Å². The van der Waals surface area contributed by atoms with Crippen molar-refractivity contribution in [3.8, 4) is 0 Å². The molecule has 0 radical (unpaired) electrons. The van der Waals surface area contributed by atoms with E-state index < -0.39 is 0 Å². The summed E-state index contributed by atoms with van der Waals surface area (Å²) in [6.07, 6.45) is 5.23. The number of piperidine rings is 1. The molecule has 4 saturated heterocycles. The van der Waals surface area contributed by atoms with Crippen molar-refractivity contribution in [2.45, 2.75) is 89.1 Å². The number of fused-ring (bicyclic) bond motifs is 4. The zero-order chi connectivity index (χ0) is 16.2. The van der Waals surface area contributed by atoms with Crippen LogP contribution in [0, 0.1) is 5.92 Å². The molecule has 0 aliphatic carbocycles. The van der Waals surface area contributed by atoms with Gasteiger partial charge in [0.05, 0.1) is 26.4 Å². The second kappa shape index (κ2) is 5.98. The van der Waals surface area contributed by atoms with Crippen LogP contribution < -0.4 is 0 Å². The van der Waals surface area contributed by atoms with E-state index >= 15 is 0 Å². The van der Waals surface area contributed by atoms with Crippen LogP contribution >= 0.6 is 0 Å². The fourth-order valence-electron chi connectivity index (χ4n) is 6.42. The summed E-state index contributed by atoms with van der Waals surface area (Å²) in [6, 6.07) is 3.13. The minimum Gasteiger partial charge on any atom is -0.378 e. The van der Waals surface area contributed by atoms with Gasteiger partial charge in [0.25, 0.3) is 0 Å². The van der Waals surface area contributed by atoms with Crippen LogP contribution in [-0.2, 0) is 9.47 Å². The lowest BCUT2D eigenvalue weighted by Gasteiger charge is -2.58. The van der Waals surface area contributed by atoms with E-state index in [2.05, 4.69) is 37.5 Å². The van der Waals surface area contributed by atoms with E-state index in [1.165, 1.54) is 25.7 Å². The van der Waals surface area contributed by atoms with Gasteiger partial charge in [0.15, 0.2) is 0 Å². The summed E-state index contributed by atoms with van der Waals surface area (Å²) in [5.74, 6) is 0.768. The Hall–Kier alpha value is -0.160. The van der Waals surface area contributed by atoms with E-state index in [1.807, 2.05) is 0 Å². The molecular weight excluding hydrogens is 288 g/mol. The average Bonchev–Trinajstić information content (AvgIpc) is 2.74. The molecule has 4 heteroatoms. The van der Waals surface area contributed by atoms with Crippen molar-refractivity contribution < 1.29 is 9.47 Å². The Morgan fingerprint density at radius 2 is 1.52 bits per heavy atom. The highest BCUT2D eigenvalue weighted by molar-refractivity contribution is 5.11. The van der Waals surface area contributed by atoms with Crippen molar-refractivity contribution in [3.63, 3.8) is 0 Å². The van der Waals surface area contributed by atoms with Gasteiger partial charge < -0.3 is 9.47 Å². The van der Waals surface area contributed by atoms with Crippen LogP contribution in [0.15, 0.2) is 0 Å². The van der Waals surface area contributed by atoms with Gasteiger partial charge in [0.1, 0.15) is 0 Å². The number of hydrogen-bond acceptors (Lipinski definition) is 4. The Bertz CT molecular complexity index is 423. The molecule has 0 saturated carbocycles. The molecule has 4 nitrogen and oxygen atoms in total. The van der Waals surface area contributed by atoms with Gasteiger partial charge in [0, 0.05) is 35.7 Å². The van der Waals surface area contributed by atoms with Crippen molar-refractivity contribution in [1.29, 1.82) is 0 Å². The standard InChI is InChI=1S/C19H34N2O2/c1-13(2)20-17-7-15(8-18(20)11-22-10-17)19-6-5-16(9-23-12-19)21(19)14(3)4/h13-18H,5-12H2,1-4H3. The van der Waals surface area contributed by atoms with Gasteiger partial charge in [-0.3, -0.25) is 9.80 Å². The molecule has 4 bridgehead atoms. The Morgan fingerprint density at radius 3 is 2.13 bits per heavy atom. The third-order valence-electron chi connectivity index (χ3n) is 6.97. The summed E-state index contributed by atoms with van der Waals surface area (Å²) in [6.45, 7) is 13.2. The number of ether oxygens (including phenoxy) is 2. The molecule has 4 atom stereocenters. The first kappa shape index (κ1) is 16.3. The maximum absolute atomic E-state index is 6.10. The molecule has 4 fully saturated rings. The Labute approximate surface area is 141 Å². The van der Waals surface area contributed by atoms with Crippen molar-refractivity contribution in [3.05, 3.63) is 0 Å². The van der Waals surface area contributed by atoms with Crippen LogP contribution in [-0.4, -0.2) is 72.0 Å². The minimum absolute atomic E-state index is 0.300. The predicted molar refractivity (Wildman–Crippen MR) is 91.6 cm³/mol. The Balaban J connectivity index is 1.61. The van der Waals surface area contributed by atoms with Crippen LogP contribution in [0.3, 0.4) is 0 Å². The predicted octanol–water partition coefficient (Wildman–Crippen LogP) is 2.52. The summed E-state index contributed by atoms with van der Waals surface area (Å²) < 4.78 is 12.0. The number of morpholine rings is 2. The van der Waals surface area contributed by atoms with E-state index in [4.69, 9.17) is 9.47 Å². The molecule has 4 aliphatic heterocycles. The lowest BCUT2D eigenvalue weighted by Crippen LogP contribution is -2.67. The lowest BCUT2D eigenvalue weighted by molar-refractivity contribution is -0.156. The highest BCUT2D eigenvalue weighted by Crippen LogP contribution is 2.50. The van der Waals surface area contributed by atoms with Crippen molar-refractivity contribution >= 4 is 0 Å². The normalized spacial score (nSPS) is 45.1. The van der Waals surface area contributed by atoms with Gasteiger partial charge in [-0.25, -0.2) is 0 Å². The summed E-state index contributed by atoms with van der Waals surface area (Å²) >= 11 is 0. The molecule has 4 rings (SSSR count). The molecular formula is C19H34N2O2. The minimum atomic E-state index is 0.300. The highest BCUT2D eigenvalue weighted by atomic mass is 16.5. The van der Waals surface area contributed by atoms with Crippen LogP contribution in [0.4, 0.5) is 0 Å². The third-order valence-corrected chi connectivity index (χ3v) is 6.97. The number of rotatable bonds is 3. The van der Waals surface area contributed by atoms with E-state index in [1.54, 1.807) is 0 Å². The van der Waals surface area contributed by atoms with Crippen LogP contribution in [0.5, 0.6) is 0 Å². The fraction of sp³-hybridized carbons (Fsp3) is 1.00. The molecule has 0 aromatic carbocycles.